The molecule has 4 heteroatoms. The number of ether oxygens (including phenoxy) is 1. The summed E-state index contributed by atoms with van der Waals surface area (Å²) in [7, 11) is 1.67. The number of nitrogens with one attached hydrogen (secondary N) is 1. The molecular formula is C11H22N2O2. The van der Waals surface area contributed by atoms with E-state index in [0.29, 0.717) is 6.61 Å². The van der Waals surface area contributed by atoms with Gasteiger partial charge in [-0.05, 0) is 19.3 Å². The highest BCUT2D eigenvalue weighted by Gasteiger charge is 2.20. The van der Waals surface area contributed by atoms with Gasteiger partial charge in [-0.2, -0.15) is 0 Å². The molecule has 0 radical (unpaired) electrons. The molecule has 1 N–H and O–H groups in total. The van der Waals surface area contributed by atoms with Crippen LogP contribution in [0.5, 0.6) is 0 Å². The number of likely N-dealkylation sites (tertiary alicyclic amines) is 1. The molecule has 0 aliphatic carbocycles. The summed E-state index contributed by atoms with van der Waals surface area (Å²) in [5.74, 6) is 0. The zero-order chi connectivity index (χ0) is 11.1. The number of methoxy groups -OCH3 is 1. The minimum absolute atomic E-state index is 0.0722. The van der Waals surface area contributed by atoms with Gasteiger partial charge in [0.1, 0.15) is 0 Å². The highest BCUT2D eigenvalue weighted by atomic mass is 16.5. The first kappa shape index (κ1) is 12.3. The SMILES string of the molecule is CCCC(COC)NC(=O)N1CCCC1. The number of carbonyl (C=O) groups is 1. The average molecular weight is 214 g/mol. The monoisotopic (exact) mass is 214 g/mol. The van der Waals surface area contributed by atoms with Gasteiger partial charge in [0, 0.05) is 20.2 Å². The summed E-state index contributed by atoms with van der Waals surface area (Å²) < 4.78 is 5.09. The predicted molar refractivity (Wildman–Crippen MR) is 59.9 cm³/mol. The summed E-state index contributed by atoms with van der Waals surface area (Å²) in [6, 6.07) is 0.233. The third-order valence-electron chi connectivity index (χ3n) is 2.73. The number of carbonyl (C=O) groups excluding carboxylic acids is 1. The predicted octanol–water partition coefficient (Wildman–Crippen LogP) is 1.61. The quantitative estimate of drug-likeness (QED) is 0.755. The normalized spacial score (nSPS) is 17.9. The van der Waals surface area contributed by atoms with Gasteiger partial charge in [-0.3, -0.25) is 0 Å². The van der Waals surface area contributed by atoms with Crippen LogP contribution in [-0.4, -0.2) is 43.8 Å². The van der Waals surface area contributed by atoms with Gasteiger partial charge in [-0.1, -0.05) is 13.3 Å². The summed E-state index contributed by atoms with van der Waals surface area (Å²) >= 11 is 0. The van der Waals surface area contributed by atoms with Crippen molar-refractivity contribution in [2.24, 2.45) is 0 Å². The molecule has 0 aromatic rings. The lowest BCUT2D eigenvalue weighted by molar-refractivity contribution is 0.154. The Kier molecular flexibility index (Phi) is 5.47. The Balaban J connectivity index is 2.31. The molecule has 1 heterocycles. The van der Waals surface area contributed by atoms with Crippen molar-refractivity contribution in [3.63, 3.8) is 0 Å². The van der Waals surface area contributed by atoms with Crippen molar-refractivity contribution in [1.82, 2.24) is 10.2 Å². The Labute approximate surface area is 92.0 Å². The summed E-state index contributed by atoms with van der Waals surface area (Å²) in [5.41, 5.74) is 0. The van der Waals surface area contributed by atoms with Gasteiger partial charge in [0.2, 0.25) is 0 Å². The number of hydrogen-bond acceptors (Lipinski definition) is 2. The van der Waals surface area contributed by atoms with Crippen LogP contribution in [0, 0.1) is 0 Å². The first-order chi connectivity index (χ1) is 7.27. The highest BCUT2D eigenvalue weighted by molar-refractivity contribution is 5.74. The lowest BCUT2D eigenvalue weighted by Crippen LogP contribution is -2.45. The second kappa shape index (κ2) is 6.67. The van der Waals surface area contributed by atoms with Gasteiger partial charge >= 0.3 is 6.03 Å². The van der Waals surface area contributed by atoms with E-state index in [2.05, 4.69) is 12.2 Å². The topological polar surface area (TPSA) is 41.6 Å². The van der Waals surface area contributed by atoms with Crippen molar-refractivity contribution in [3.05, 3.63) is 0 Å². The molecule has 4 nitrogen and oxygen atoms in total. The maximum Gasteiger partial charge on any atom is 0.317 e. The molecule has 0 aromatic heterocycles. The molecule has 1 unspecified atom stereocenters. The molecule has 1 fully saturated rings. The molecule has 15 heavy (non-hydrogen) atoms. The second-order valence-electron chi connectivity index (χ2n) is 4.08. The summed E-state index contributed by atoms with van der Waals surface area (Å²) in [6.07, 6.45) is 4.31. The third kappa shape index (κ3) is 4.08. The maximum absolute atomic E-state index is 11.8. The van der Waals surface area contributed by atoms with E-state index in [9.17, 15) is 4.79 Å². The van der Waals surface area contributed by atoms with Gasteiger partial charge in [-0.15, -0.1) is 0 Å². The minimum Gasteiger partial charge on any atom is -0.383 e. The van der Waals surface area contributed by atoms with Crippen LogP contribution in [0.2, 0.25) is 0 Å². The van der Waals surface area contributed by atoms with Crippen molar-refractivity contribution in [3.8, 4) is 0 Å². The van der Waals surface area contributed by atoms with E-state index < -0.39 is 0 Å². The molecule has 1 atom stereocenters. The smallest absolute Gasteiger partial charge is 0.317 e. The van der Waals surface area contributed by atoms with E-state index in [4.69, 9.17) is 4.74 Å². The number of hydrogen-bond donors (Lipinski definition) is 1. The van der Waals surface area contributed by atoms with Crippen LogP contribution in [-0.2, 0) is 4.74 Å². The van der Waals surface area contributed by atoms with Gasteiger partial charge in [-0.25, -0.2) is 4.79 Å². The van der Waals surface area contributed by atoms with Crippen molar-refractivity contribution in [2.75, 3.05) is 26.8 Å². The second-order valence-corrected chi connectivity index (χ2v) is 4.08. The molecule has 0 saturated carbocycles. The first-order valence-electron chi connectivity index (χ1n) is 5.82. The standard InChI is InChI=1S/C11H22N2O2/c1-3-6-10(9-15-2)12-11(14)13-7-4-5-8-13/h10H,3-9H2,1-2H3,(H,12,14). The van der Waals surface area contributed by atoms with Crippen molar-refractivity contribution >= 4 is 6.03 Å². The minimum atomic E-state index is 0.0722. The third-order valence-corrected chi connectivity index (χ3v) is 2.73. The van der Waals surface area contributed by atoms with Crippen LogP contribution in [0.1, 0.15) is 32.6 Å². The Bertz CT molecular complexity index is 185. The summed E-state index contributed by atoms with van der Waals surface area (Å²) in [5, 5.41) is 3.02. The van der Waals surface area contributed by atoms with Crippen LogP contribution in [0.25, 0.3) is 0 Å². The van der Waals surface area contributed by atoms with Crippen molar-refractivity contribution < 1.29 is 9.53 Å². The first-order valence-corrected chi connectivity index (χ1v) is 5.82. The molecule has 2 amide bonds. The van der Waals surface area contributed by atoms with Crippen LogP contribution in [0.3, 0.4) is 0 Å². The number of urea groups is 1. The molecule has 88 valence electrons. The number of nitrogens with zero attached hydrogens (tertiary/aromatic N) is 1. The molecule has 1 aliphatic heterocycles. The Morgan fingerprint density at radius 3 is 2.67 bits per heavy atom. The molecule has 1 saturated heterocycles. The average Bonchev–Trinajstić information content (AvgIpc) is 2.71. The van der Waals surface area contributed by atoms with Crippen molar-refractivity contribution in [1.29, 1.82) is 0 Å². The number of amides is 2. The number of rotatable bonds is 5. The van der Waals surface area contributed by atoms with E-state index >= 15 is 0 Å². The lowest BCUT2D eigenvalue weighted by atomic mass is 10.2. The van der Waals surface area contributed by atoms with Crippen LogP contribution < -0.4 is 5.32 Å². The molecule has 0 aromatic carbocycles. The molecular weight excluding hydrogens is 192 g/mol. The van der Waals surface area contributed by atoms with Crippen LogP contribution in [0.4, 0.5) is 4.79 Å². The Morgan fingerprint density at radius 2 is 2.13 bits per heavy atom. The fourth-order valence-electron chi connectivity index (χ4n) is 1.93. The van der Waals surface area contributed by atoms with E-state index in [0.717, 1.165) is 38.8 Å². The molecule has 0 spiro atoms. The Hall–Kier alpha value is -0.770. The van der Waals surface area contributed by atoms with E-state index in [-0.39, 0.29) is 12.1 Å². The van der Waals surface area contributed by atoms with Crippen LogP contribution >= 0.6 is 0 Å². The fourth-order valence-corrected chi connectivity index (χ4v) is 1.93. The van der Waals surface area contributed by atoms with Crippen molar-refractivity contribution in [2.45, 2.75) is 38.6 Å². The van der Waals surface area contributed by atoms with Gasteiger partial charge in [0.25, 0.3) is 0 Å². The highest BCUT2D eigenvalue weighted by Crippen LogP contribution is 2.08. The van der Waals surface area contributed by atoms with E-state index in [1.54, 1.807) is 7.11 Å². The Morgan fingerprint density at radius 1 is 1.47 bits per heavy atom. The summed E-state index contributed by atoms with van der Waals surface area (Å²) in [6.45, 7) is 4.52. The van der Waals surface area contributed by atoms with E-state index in [1.807, 2.05) is 4.90 Å². The lowest BCUT2D eigenvalue weighted by Gasteiger charge is -2.22. The van der Waals surface area contributed by atoms with Gasteiger partial charge in [0.05, 0.1) is 12.6 Å². The molecule has 1 aliphatic rings. The van der Waals surface area contributed by atoms with Crippen LogP contribution in [0.15, 0.2) is 0 Å². The zero-order valence-electron chi connectivity index (χ0n) is 9.79. The largest absolute Gasteiger partial charge is 0.383 e. The fraction of sp³-hybridized carbons (Fsp3) is 0.909. The summed E-state index contributed by atoms with van der Waals surface area (Å²) in [4.78, 5) is 13.7. The molecule has 1 rings (SSSR count). The zero-order valence-corrected chi connectivity index (χ0v) is 9.79. The van der Waals surface area contributed by atoms with Gasteiger partial charge in [0.15, 0.2) is 0 Å². The van der Waals surface area contributed by atoms with E-state index in [1.165, 1.54) is 0 Å². The maximum atomic E-state index is 11.8. The molecule has 0 bridgehead atoms. The van der Waals surface area contributed by atoms with Gasteiger partial charge < -0.3 is 15.0 Å².